The van der Waals surface area contributed by atoms with E-state index in [0.29, 0.717) is 27.3 Å². The molecule has 26 heavy (non-hydrogen) atoms. The highest BCUT2D eigenvalue weighted by Gasteiger charge is 2.16. The van der Waals surface area contributed by atoms with Crippen molar-refractivity contribution in [3.05, 3.63) is 81.1 Å². The maximum Gasteiger partial charge on any atom is 0.284 e. The van der Waals surface area contributed by atoms with Gasteiger partial charge in [-0.15, -0.1) is 0 Å². The average molecular weight is 411 g/mol. The minimum Gasteiger partial charge on any atom is -0.463 e. The molecule has 0 bridgehead atoms. The molecule has 8 heteroatoms. The summed E-state index contributed by atoms with van der Waals surface area (Å²) in [6.07, 6.45) is 5.00. The molecule has 4 rings (SSSR count). The molecule has 0 aliphatic heterocycles. The van der Waals surface area contributed by atoms with Crippen LogP contribution in [0, 0.1) is 10.1 Å². The molecule has 0 aliphatic carbocycles. The largest absolute Gasteiger partial charge is 0.463 e. The first-order valence-electron chi connectivity index (χ1n) is 7.62. The van der Waals surface area contributed by atoms with Crippen LogP contribution < -0.4 is 0 Å². The van der Waals surface area contributed by atoms with Crippen molar-refractivity contribution < 1.29 is 9.34 Å². The summed E-state index contributed by atoms with van der Waals surface area (Å²) in [5, 5.41) is 11.1. The van der Waals surface area contributed by atoms with Crippen molar-refractivity contribution in [3.8, 4) is 11.5 Å². The molecule has 0 atom stereocenters. The fourth-order valence-electron chi connectivity index (χ4n) is 2.57. The van der Waals surface area contributed by atoms with Crippen LogP contribution in [0.3, 0.4) is 0 Å². The first kappa shape index (κ1) is 16.2. The summed E-state index contributed by atoms with van der Waals surface area (Å²) < 4.78 is 7.72. The smallest absolute Gasteiger partial charge is 0.284 e. The number of hydrogen-bond donors (Lipinski definition) is 0. The van der Waals surface area contributed by atoms with Gasteiger partial charge in [-0.2, -0.15) is 0 Å². The Kier molecular flexibility index (Phi) is 4.10. The third-order valence-corrected chi connectivity index (χ3v) is 4.43. The Morgan fingerprint density at radius 3 is 2.88 bits per heavy atom. The number of nitrogens with zero attached hydrogens (tertiary/aromatic N) is 4. The first-order chi connectivity index (χ1) is 12.6. The lowest BCUT2D eigenvalue weighted by atomic mass is 10.2. The van der Waals surface area contributed by atoms with Crippen LogP contribution in [0.15, 0.2) is 74.9 Å². The van der Waals surface area contributed by atoms with Crippen molar-refractivity contribution in [3.63, 3.8) is 0 Å². The molecular formula is C18H11BrN4O3. The van der Waals surface area contributed by atoms with Gasteiger partial charge in [0.2, 0.25) is 0 Å². The van der Waals surface area contributed by atoms with Gasteiger partial charge in [-0.05, 0) is 51.8 Å². The molecule has 128 valence electrons. The molecule has 4 aromatic rings. The molecule has 0 N–H and O–H groups in total. The first-order valence-corrected chi connectivity index (χ1v) is 8.42. The van der Waals surface area contributed by atoms with Crippen LogP contribution in [-0.4, -0.2) is 20.5 Å². The number of nitro groups is 1. The number of halogens is 1. The Hall–Kier alpha value is -3.26. The summed E-state index contributed by atoms with van der Waals surface area (Å²) in [5.41, 5.74) is 1.92. The summed E-state index contributed by atoms with van der Waals surface area (Å²) >= 11 is 3.18. The summed E-state index contributed by atoms with van der Waals surface area (Å²) in [4.78, 5) is 19.8. The number of aliphatic imine (C=N–C) groups is 1. The van der Waals surface area contributed by atoms with Crippen LogP contribution in [0.2, 0.25) is 0 Å². The van der Waals surface area contributed by atoms with E-state index >= 15 is 0 Å². The monoisotopic (exact) mass is 410 g/mol. The summed E-state index contributed by atoms with van der Waals surface area (Å²) in [6.45, 7) is 0. The Morgan fingerprint density at radius 1 is 1.23 bits per heavy atom. The lowest BCUT2D eigenvalue weighted by molar-refractivity contribution is -0.385. The molecule has 3 aromatic heterocycles. The number of hydrogen-bond acceptors (Lipinski definition) is 5. The summed E-state index contributed by atoms with van der Waals surface area (Å²) in [7, 11) is 0. The SMILES string of the molecule is O=[N+]([O-])c1cc(C=Nc2c(-c3ccco3)nc3ccccn23)ccc1Br. The van der Waals surface area contributed by atoms with Crippen molar-refractivity contribution >= 4 is 39.3 Å². The van der Waals surface area contributed by atoms with Crippen molar-refractivity contribution in [1.82, 2.24) is 9.38 Å². The third-order valence-electron chi connectivity index (χ3n) is 3.76. The van der Waals surface area contributed by atoms with Gasteiger partial charge in [-0.3, -0.25) is 14.5 Å². The maximum atomic E-state index is 11.1. The van der Waals surface area contributed by atoms with Gasteiger partial charge in [0.1, 0.15) is 5.65 Å². The number of pyridine rings is 1. The molecular weight excluding hydrogens is 400 g/mol. The lowest BCUT2D eigenvalue weighted by Crippen LogP contribution is -1.91. The standard InChI is InChI=1S/C18H11BrN4O3/c19-13-7-6-12(10-14(13)23(24)25)11-20-18-17(15-4-3-9-26-15)21-16-5-1-2-8-22(16)18/h1-11H. The van der Waals surface area contributed by atoms with Crippen LogP contribution in [-0.2, 0) is 0 Å². The maximum absolute atomic E-state index is 11.1. The zero-order chi connectivity index (χ0) is 18.1. The Bertz CT molecular complexity index is 1130. The molecule has 7 nitrogen and oxygen atoms in total. The van der Waals surface area contributed by atoms with Gasteiger partial charge in [0.15, 0.2) is 17.3 Å². The molecule has 0 saturated carbocycles. The lowest BCUT2D eigenvalue weighted by Gasteiger charge is -1.99. The third kappa shape index (κ3) is 2.91. The highest BCUT2D eigenvalue weighted by molar-refractivity contribution is 9.10. The second kappa shape index (κ2) is 6.57. The number of fused-ring (bicyclic) bond motifs is 1. The number of aromatic nitrogens is 2. The number of imidazole rings is 1. The molecule has 0 amide bonds. The van der Waals surface area contributed by atoms with Crippen molar-refractivity contribution in [2.45, 2.75) is 0 Å². The number of nitro benzene ring substituents is 1. The number of benzene rings is 1. The van der Waals surface area contributed by atoms with Gasteiger partial charge < -0.3 is 4.42 Å². The van der Waals surface area contributed by atoms with E-state index in [1.807, 2.05) is 34.9 Å². The number of furan rings is 1. The van der Waals surface area contributed by atoms with Crippen molar-refractivity contribution in [2.75, 3.05) is 0 Å². The Balaban J connectivity index is 1.82. The molecule has 3 heterocycles. The highest BCUT2D eigenvalue weighted by Crippen LogP contribution is 2.31. The van der Waals surface area contributed by atoms with E-state index in [-0.39, 0.29) is 5.69 Å². The zero-order valence-corrected chi connectivity index (χ0v) is 14.8. The molecule has 0 fully saturated rings. The second-order valence-electron chi connectivity index (χ2n) is 5.42. The van der Waals surface area contributed by atoms with Crippen molar-refractivity contribution in [2.24, 2.45) is 4.99 Å². The van der Waals surface area contributed by atoms with Gasteiger partial charge in [0.05, 0.1) is 15.7 Å². The molecule has 1 aromatic carbocycles. The predicted octanol–water partition coefficient (Wildman–Crippen LogP) is 5.02. The highest BCUT2D eigenvalue weighted by atomic mass is 79.9. The molecule has 0 saturated heterocycles. The fourth-order valence-corrected chi connectivity index (χ4v) is 2.96. The van der Waals surface area contributed by atoms with Gasteiger partial charge in [-0.25, -0.2) is 9.98 Å². The van der Waals surface area contributed by atoms with Crippen LogP contribution in [0.25, 0.3) is 17.1 Å². The minimum atomic E-state index is -0.441. The molecule has 0 unspecified atom stereocenters. The zero-order valence-electron chi connectivity index (χ0n) is 13.2. The van der Waals surface area contributed by atoms with Crippen molar-refractivity contribution in [1.29, 1.82) is 0 Å². The van der Waals surface area contributed by atoms with Gasteiger partial charge in [0.25, 0.3) is 5.69 Å². The fraction of sp³-hybridized carbons (Fsp3) is 0. The molecule has 0 aliphatic rings. The van der Waals surface area contributed by atoms with Crippen LogP contribution in [0.5, 0.6) is 0 Å². The van der Waals surface area contributed by atoms with Crippen LogP contribution >= 0.6 is 15.9 Å². The topological polar surface area (TPSA) is 85.9 Å². The van der Waals surface area contributed by atoms with Gasteiger partial charge in [-0.1, -0.05) is 12.1 Å². The van der Waals surface area contributed by atoms with E-state index in [4.69, 9.17) is 4.42 Å². The molecule has 0 radical (unpaired) electrons. The minimum absolute atomic E-state index is 0.0154. The van der Waals surface area contributed by atoms with E-state index in [9.17, 15) is 10.1 Å². The van der Waals surface area contributed by atoms with E-state index in [2.05, 4.69) is 25.9 Å². The summed E-state index contributed by atoms with van der Waals surface area (Å²) in [5.74, 6) is 1.18. The van der Waals surface area contributed by atoms with E-state index in [0.717, 1.165) is 5.65 Å². The number of rotatable bonds is 4. The summed E-state index contributed by atoms with van der Waals surface area (Å²) in [6, 6.07) is 14.1. The Labute approximate surface area is 155 Å². The second-order valence-corrected chi connectivity index (χ2v) is 6.27. The van der Waals surface area contributed by atoms with Crippen LogP contribution in [0.4, 0.5) is 11.5 Å². The predicted molar refractivity (Wildman–Crippen MR) is 101 cm³/mol. The quantitative estimate of drug-likeness (QED) is 0.268. The van der Waals surface area contributed by atoms with E-state index in [1.54, 1.807) is 30.7 Å². The van der Waals surface area contributed by atoms with Crippen LogP contribution in [0.1, 0.15) is 5.56 Å². The normalized spacial score (nSPS) is 11.4. The Morgan fingerprint density at radius 2 is 2.12 bits per heavy atom. The van der Waals surface area contributed by atoms with Gasteiger partial charge >= 0.3 is 0 Å². The molecule has 0 spiro atoms. The average Bonchev–Trinajstić information content (AvgIpc) is 3.28. The van der Waals surface area contributed by atoms with E-state index in [1.165, 1.54) is 6.07 Å². The van der Waals surface area contributed by atoms with E-state index < -0.39 is 4.92 Å². The van der Waals surface area contributed by atoms with Gasteiger partial charge in [0, 0.05) is 18.5 Å².